The summed E-state index contributed by atoms with van der Waals surface area (Å²) >= 11 is 0. The normalized spacial score (nSPS) is 14.6. The van der Waals surface area contributed by atoms with Crippen LogP contribution in [0, 0.1) is 0 Å². The number of hydrogen-bond donors (Lipinski definition) is 4. The number of allylic oxidation sites excluding steroid dienone is 28. The first-order valence-corrected chi connectivity index (χ1v) is 47.4. The number of phosphoric acid groups is 2. The highest BCUT2D eigenvalue weighted by Gasteiger charge is 2.29. The zero-order valence-corrected chi connectivity index (χ0v) is 72.8. The number of carbonyl (C=O) groups excluding carboxylic acids is 3. The Labute approximate surface area is 688 Å². The Bertz CT molecular complexity index is 2730. The van der Waals surface area contributed by atoms with Crippen LogP contribution in [0.4, 0.5) is 0 Å². The van der Waals surface area contributed by atoms with E-state index in [2.05, 4.69) is 191 Å². The molecule has 18 heteroatoms. The van der Waals surface area contributed by atoms with E-state index in [0.717, 1.165) is 186 Å². The molecule has 0 aliphatic rings. The molecule has 0 heterocycles. The maximum absolute atomic E-state index is 13.1. The largest absolute Gasteiger partial charge is 0.472 e. The Hall–Kier alpha value is -5.09. The second kappa shape index (κ2) is 86.3. The van der Waals surface area contributed by atoms with Crippen LogP contribution in [0.25, 0.3) is 0 Å². The SMILES string of the molecule is CC/C=C\C/C=C\C/C=C\C/C=C\C/C=C\CCCCCCCCCCCC(=O)OCC(COP(=O)(O)OCC(O)COP(=O)(O)OCC(O)COC(=O)CCCCCCCCCCCCCCC/C=C\C/C=C\C/C=C\C/C=C\CCCCC)OC(=O)CCCCCCCCC/C=C\C/C=C\C/C=C\C/C=C\C/C=C\CC. The number of rotatable bonds is 83. The van der Waals surface area contributed by atoms with E-state index in [1.807, 2.05) is 0 Å². The van der Waals surface area contributed by atoms with Crippen molar-refractivity contribution in [2.45, 2.75) is 373 Å². The highest BCUT2D eigenvalue weighted by atomic mass is 31.2. The monoisotopic (exact) mass is 1620 g/mol. The van der Waals surface area contributed by atoms with E-state index in [1.54, 1.807) is 0 Å². The summed E-state index contributed by atoms with van der Waals surface area (Å²) in [6.45, 7) is 2.44. The minimum atomic E-state index is -4.95. The lowest BCUT2D eigenvalue weighted by atomic mass is 10.0. The number of phosphoric ester groups is 2. The van der Waals surface area contributed by atoms with Crippen LogP contribution in [-0.4, -0.2) is 95.9 Å². The molecule has 646 valence electrons. The van der Waals surface area contributed by atoms with Crippen LogP contribution in [0.15, 0.2) is 170 Å². The topological polar surface area (TPSA) is 231 Å². The van der Waals surface area contributed by atoms with Gasteiger partial charge in [-0.2, -0.15) is 0 Å². The van der Waals surface area contributed by atoms with Crippen LogP contribution in [0.5, 0.6) is 0 Å². The molecule has 0 fully saturated rings. The van der Waals surface area contributed by atoms with Crippen molar-refractivity contribution < 1.29 is 75.8 Å². The van der Waals surface area contributed by atoms with Crippen molar-refractivity contribution in [1.29, 1.82) is 0 Å². The van der Waals surface area contributed by atoms with E-state index < -0.39 is 91.5 Å². The van der Waals surface area contributed by atoms with Crippen molar-refractivity contribution in [3.8, 4) is 0 Å². The van der Waals surface area contributed by atoms with Gasteiger partial charge < -0.3 is 34.2 Å². The minimum absolute atomic E-state index is 0.0845. The third-order valence-electron chi connectivity index (χ3n) is 18.4. The van der Waals surface area contributed by atoms with Crippen LogP contribution in [0.2, 0.25) is 0 Å². The highest BCUT2D eigenvalue weighted by Crippen LogP contribution is 2.45. The molecule has 0 aromatic carbocycles. The summed E-state index contributed by atoms with van der Waals surface area (Å²) in [5, 5.41) is 20.7. The molecule has 0 rings (SSSR count). The first kappa shape index (κ1) is 108. The zero-order valence-electron chi connectivity index (χ0n) is 71.0. The summed E-state index contributed by atoms with van der Waals surface area (Å²) in [7, 11) is -9.82. The van der Waals surface area contributed by atoms with Gasteiger partial charge in [-0.05, 0) is 154 Å². The lowest BCUT2D eigenvalue weighted by Crippen LogP contribution is -2.30. The second-order valence-corrected chi connectivity index (χ2v) is 32.2. The Kier molecular flexibility index (Phi) is 82.4. The molecule has 5 unspecified atom stereocenters. The van der Waals surface area contributed by atoms with Crippen LogP contribution in [-0.2, 0) is 55.8 Å². The Morgan fingerprint density at radius 1 is 0.257 bits per heavy atom. The lowest BCUT2D eigenvalue weighted by Gasteiger charge is -2.21. The molecular weight excluding hydrogens is 1460 g/mol. The van der Waals surface area contributed by atoms with Gasteiger partial charge in [-0.1, -0.05) is 351 Å². The standard InChI is InChI=1S/C95H160O16P2/c1-4-7-10-13-16-19-22-25-28-31-34-37-40-42-43-44-45-47-50-51-54-57-60-63-66-69-72-75-78-81-93(98)105-84-90(96)85-107-112(101,102)108-86-91(97)87-109-113(103,104)110-89-92(111-95(100)83-80-77-74-71-68-65-62-59-56-53-48-39-36-33-30-27-24-21-18-15-12-9-6-3)88-106-94(99)82-79-76-73-70-67-64-61-58-55-52-49-46-41-38-35-32-29-26-23-20-17-14-11-8-5-2/h8-9,11-12,16-21,25-30,34-39,42-43,46,49,53,56,90-92,96-97H,4-7,10,13-15,22-24,31-33,40-41,44-45,47-48,50-52,54-55,57-89H2,1-3H3,(H,101,102)(H,103,104)/b11-8-,12-9-,19-16-,20-17-,21-18-,28-25-,29-26-,30-27-,37-34-,38-35-,39-36-,43-42-,49-46-,56-53-. The maximum Gasteiger partial charge on any atom is 0.472 e. The molecule has 0 amide bonds. The number of carbonyl (C=O) groups is 3. The van der Waals surface area contributed by atoms with Gasteiger partial charge in [0.25, 0.3) is 0 Å². The number of hydrogen-bond acceptors (Lipinski definition) is 14. The molecule has 0 aromatic heterocycles. The van der Waals surface area contributed by atoms with Crippen LogP contribution in [0.3, 0.4) is 0 Å². The minimum Gasteiger partial charge on any atom is -0.463 e. The van der Waals surface area contributed by atoms with Crippen LogP contribution >= 0.6 is 15.6 Å². The summed E-state index contributed by atoms with van der Waals surface area (Å²) < 4.78 is 61.4. The first-order chi connectivity index (χ1) is 55.2. The van der Waals surface area contributed by atoms with Gasteiger partial charge in [0.05, 0.1) is 26.4 Å². The molecule has 16 nitrogen and oxygen atoms in total. The quantitative estimate of drug-likeness (QED) is 0.0146. The zero-order chi connectivity index (χ0) is 82.2. The third-order valence-corrected chi connectivity index (χ3v) is 20.3. The molecular formula is C95H160O16P2. The van der Waals surface area contributed by atoms with Gasteiger partial charge in [0, 0.05) is 19.3 Å². The Balaban J connectivity index is 4.66. The fourth-order valence-corrected chi connectivity index (χ4v) is 13.3. The fraction of sp³-hybridized carbons (Fsp3) is 0.674. The smallest absolute Gasteiger partial charge is 0.463 e. The predicted octanol–water partition coefficient (Wildman–Crippen LogP) is 27.1. The average Bonchev–Trinajstić information content (AvgIpc) is 0.901. The maximum atomic E-state index is 13.1. The highest BCUT2D eigenvalue weighted by molar-refractivity contribution is 7.47. The summed E-state index contributed by atoms with van der Waals surface area (Å²) in [4.78, 5) is 59.0. The number of esters is 3. The van der Waals surface area contributed by atoms with Crippen molar-refractivity contribution in [2.75, 3.05) is 39.6 Å². The third kappa shape index (κ3) is 87.6. The van der Waals surface area contributed by atoms with Gasteiger partial charge in [0.15, 0.2) is 6.10 Å². The van der Waals surface area contributed by atoms with Crippen molar-refractivity contribution in [3.05, 3.63) is 170 Å². The molecule has 0 aliphatic heterocycles. The molecule has 0 saturated carbocycles. The summed E-state index contributed by atoms with van der Waals surface area (Å²) in [6, 6.07) is 0. The number of aliphatic hydroxyl groups is 2. The van der Waals surface area contributed by atoms with Crippen molar-refractivity contribution in [1.82, 2.24) is 0 Å². The van der Waals surface area contributed by atoms with E-state index in [9.17, 15) is 43.5 Å². The van der Waals surface area contributed by atoms with Crippen LogP contribution < -0.4 is 0 Å². The van der Waals surface area contributed by atoms with Crippen LogP contribution in [0.1, 0.15) is 355 Å². The van der Waals surface area contributed by atoms with Gasteiger partial charge in [0.1, 0.15) is 25.4 Å². The number of unbranched alkanes of at least 4 members (excludes halogenated alkanes) is 32. The number of aliphatic hydroxyl groups excluding tert-OH is 2. The van der Waals surface area contributed by atoms with Gasteiger partial charge in [0.2, 0.25) is 0 Å². The Morgan fingerprint density at radius 3 is 0.743 bits per heavy atom. The molecule has 0 saturated heterocycles. The summed E-state index contributed by atoms with van der Waals surface area (Å²) in [5.41, 5.74) is 0. The van der Waals surface area contributed by atoms with E-state index >= 15 is 0 Å². The van der Waals surface area contributed by atoms with E-state index in [4.69, 9.17) is 32.3 Å². The molecule has 113 heavy (non-hydrogen) atoms. The van der Waals surface area contributed by atoms with E-state index in [-0.39, 0.29) is 19.3 Å². The van der Waals surface area contributed by atoms with E-state index in [0.29, 0.717) is 19.3 Å². The van der Waals surface area contributed by atoms with Crippen molar-refractivity contribution >= 4 is 33.6 Å². The van der Waals surface area contributed by atoms with Gasteiger partial charge >= 0.3 is 33.6 Å². The summed E-state index contributed by atoms with van der Waals surface area (Å²) in [6.07, 6.45) is 111. The molecule has 0 spiro atoms. The molecule has 0 aromatic rings. The molecule has 0 bridgehead atoms. The van der Waals surface area contributed by atoms with Crippen molar-refractivity contribution in [3.63, 3.8) is 0 Å². The molecule has 0 aliphatic carbocycles. The van der Waals surface area contributed by atoms with Gasteiger partial charge in [-0.25, -0.2) is 9.13 Å². The fourth-order valence-electron chi connectivity index (χ4n) is 11.7. The Morgan fingerprint density at radius 2 is 0.469 bits per heavy atom. The van der Waals surface area contributed by atoms with Gasteiger partial charge in [-0.3, -0.25) is 32.5 Å². The van der Waals surface area contributed by atoms with Crippen molar-refractivity contribution in [2.24, 2.45) is 0 Å². The predicted molar refractivity (Wildman–Crippen MR) is 472 cm³/mol. The lowest BCUT2D eigenvalue weighted by molar-refractivity contribution is -0.161. The van der Waals surface area contributed by atoms with Gasteiger partial charge in [-0.15, -0.1) is 0 Å². The number of ether oxygens (including phenoxy) is 3. The summed E-state index contributed by atoms with van der Waals surface area (Å²) in [5.74, 6) is -1.59. The first-order valence-electron chi connectivity index (χ1n) is 44.4. The molecule has 4 N–H and O–H groups in total. The molecule has 5 atom stereocenters. The van der Waals surface area contributed by atoms with E-state index in [1.165, 1.54) is 109 Å². The molecule has 0 radical (unpaired) electrons. The average molecular weight is 1620 g/mol. The second-order valence-electron chi connectivity index (χ2n) is 29.3.